The third-order valence-electron chi connectivity index (χ3n) is 2.86. The number of nitrogens with one attached hydrogen (secondary N) is 1. The van der Waals surface area contributed by atoms with Crippen molar-refractivity contribution in [2.24, 2.45) is 0 Å². The summed E-state index contributed by atoms with van der Waals surface area (Å²) in [5.74, 6) is -1.19. The first-order valence-corrected chi connectivity index (χ1v) is 5.81. The van der Waals surface area contributed by atoms with Crippen LogP contribution in [-0.4, -0.2) is 24.2 Å². The summed E-state index contributed by atoms with van der Waals surface area (Å²) in [4.78, 5) is 11.5. The molecule has 17 heavy (non-hydrogen) atoms. The number of carbonyl (C=O) groups excluding carboxylic acids is 1. The fourth-order valence-electron chi connectivity index (χ4n) is 1.96. The van der Waals surface area contributed by atoms with Gasteiger partial charge in [0.2, 0.25) is 0 Å². The fourth-order valence-corrected chi connectivity index (χ4v) is 2.49. The average Bonchev–Trinajstić information content (AvgIpc) is 2.60. The van der Waals surface area contributed by atoms with Gasteiger partial charge in [-0.15, -0.1) is 0 Å². The van der Waals surface area contributed by atoms with Crippen molar-refractivity contribution < 1.29 is 18.7 Å². The first-order valence-electron chi connectivity index (χ1n) is 5.02. The molecule has 2 unspecified atom stereocenters. The van der Waals surface area contributed by atoms with E-state index in [0.29, 0.717) is 0 Å². The zero-order chi connectivity index (χ0) is 12.7. The normalized spacial score (nSPS) is 22.4. The molecule has 2 N–H and O–H groups in total. The van der Waals surface area contributed by atoms with Crippen LogP contribution >= 0.6 is 15.9 Å². The van der Waals surface area contributed by atoms with Crippen molar-refractivity contribution in [2.45, 2.75) is 18.7 Å². The summed E-state index contributed by atoms with van der Waals surface area (Å²) in [6, 6.07) is 1.28. The molecule has 1 amide bonds. The molecule has 0 bridgehead atoms. The lowest BCUT2D eigenvalue weighted by molar-refractivity contribution is 0.0922. The Balaban J connectivity index is 2.61. The lowest BCUT2D eigenvalue weighted by atomic mass is 10.0. The van der Waals surface area contributed by atoms with E-state index in [2.05, 4.69) is 21.2 Å². The summed E-state index contributed by atoms with van der Waals surface area (Å²) in [6.45, 7) is 0. The Morgan fingerprint density at radius 3 is 2.88 bits per heavy atom. The van der Waals surface area contributed by atoms with Crippen LogP contribution in [0.5, 0.6) is 0 Å². The van der Waals surface area contributed by atoms with E-state index in [4.69, 9.17) is 0 Å². The van der Waals surface area contributed by atoms with Crippen LogP contribution < -0.4 is 5.32 Å². The second kappa shape index (κ2) is 4.34. The van der Waals surface area contributed by atoms with E-state index < -0.39 is 24.0 Å². The van der Waals surface area contributed by atoms with Crippen molar-refractivity contribution >= 4 is 21.8 Å². The van der Waals surface area contributed by atoms with Gasteiger partial charge in [0.15, 0.2) is 6.17 Å². The van der Waals surface area contributed by atoms with Crippen LogP contribution in [0.4, 0.5) is 8.78 Å². The SMILES string of the molecule is CNC(=O)c1cc2c(c(F)c1Br)CC(O)C2F. The highest BCUT2D eigenvalue weighted by Crippen LogP contribution is 2.39. The molecule has 0 saturated heterocycles. The molecular weight excluding hydrogens is 296 g/mol. The quantitative estimate of drug-likeness (QED) is 0.832. The molecule has 0 saturated carbocycles. The van der Waals surface area contributed by atoms with Gasteiger partial charge in [-0.1, -0.05) is 0 Å². The maximum Gasteiger partial charge on any atom is 0.252 e. The minimum Gasteiger partial charge on any atom is -0.389 e. The van der Waals surface area contributed by atoms with Gasteiger partial charge in [-0.2, -0.15) is 0 Å². The van der Waals surface area contributed by atoms with Crippen molar-refractivity contribution in [1.29, 1.82) is 0 Å². The third-order valence-corrected chi connectivity index (χ3v) is 3.64. The highest BCUT2D eigenvalue weighted by Gasteiger charge is 2.35. The molecule has 1 aliphatic rings. The molecule has 2 rings (SSSR count). The molecule has 92 valence electrons. The summed E-state index contributed by atoms with van der Waals surface area (Å²) in [5.41, 5.74) is 0.210. The molecule has 2 atom stereocenters. The maximum atomic E-state index is 13.9. The van der Waals surface area contributed by atoms with E-state index in [1.165, 1.54) is 13.1 Å². The monoisotopic (exact) mass is 305 g/mol. The number of aliphatic hydroxyl groups is 1. The van der Waals surface area contributed by atoms with Gasteiger partial charge in [0.1, 0.15) is 5.82 Å². The van der Waals surface area contributed by atoms with E-state index >= 15 is 0 Å². The molecule has 3 nitrogen and oxygen atoms in total. The molecule has 0 heterocycles. The number of amides is 1. The number of halogens is 3. The number of hydrogen-bond donors (Lipinski definition) is 2. The summed E-state index contributed by atoms with van der Waals surface area (Å²) in [5, 5.41) is 11.7. The first kappa shape index (κ1) is 12.4. The Labute approximate surface area is 105 Å². The molecule has 0 fully saturated rings. The van der Waals surface area contributed by atoms with Crippen LogP contribution in [0.3, 0.4) is 0 Å². The lowest BCUT2D eigenvalue weighted by Crippen LogP contribution is -2.19. The van der Waals surface area contributed by atoms with Gasteiger partial charge in [0, 0.05) is 13.5 Å². The van der Waals surface area contributed by atoms with E-state index in [1.54, 1.807) is 0 Å². The molecule has 0 radical (unpaired) electrons. The largest absolute Gasteiger partial charge is 0.389 e. The Morgan fingerprint density at radius 2 is 2.29 bits per heavy atom. The van der Waals surface area contributed by atoms with Gasteiger partial charge >= 0.3 is 0 Å². The number of carbonyl (C=O) groups is 1. The van der Waals surface area contributed by atoms with Crippen molar-refractivity contribution in [1.82, 2.24) is 5.32 Å². The van der Waals surface area contributed by atoms with E-state index in [1.807, 2.05) is 0 Å². The van der Waals surface area contributed by atoms with Crippen LogP contribution in [0.15, 0.2) is 10.5 Å². The Kier molecular flexibility index (Phi) is 3.18. The minimum absolute atomic E-state index is 0.00287. The molecule has 1 aliphatic carbocycles. The smallest absolute Gasteiger partial charge is 0.252 e. The van der Waals surface area contributed by atoms with E-state index in [-0.39, 0.29) is 27.6 Å². The predicted octanol–water partition coefficient (Wildman–Crippen LogP) is 1.88. The number of aliphatic hydroxyl groups excluding tert-OH is 1. The number of fused-ring (bicyclic) bond motifs is 1. The number of alkyl halides is 1. The molecule has 0 aromatic heterocycles. The summed E-state index contributed by atoms with van der Waals surface area (Å²) in [7, 11) is 1.40. The van der Waals surface area contributed by atoms with Crippen LogP contribution in [0.2, 0.25) is 0 Å². The van der Waals surface area contributed by atoms with Gasteiger partial charge in [-0.3, -0.25) is 4.79 Å². The molecule has 0 spiro atoms. The fraction of sp³-hybridized carbons (Fsp3) is 0.364. The lowest BCUT2D eigenvalue weighted by Gasteiger charge is -2.10. The molecule has 0 aliphatic heterocycles. The molecule has 1 aromatic carbocycles. The van der Waals surface area contributed by atoms with Gasteiger partial charge < -0.3 is 10.4 Å². The van der Waals surface area contributed by atoms with E-state index in [9.17, 15) is 18.7 Å². The van der Waals surface area contributed by atoms with Crippen molar-refractivity contribution in [3.05, 3.63) is 33.0 Å². The van der Waals surface area contributed by atoms with Crippen molar-refractivity contribution in [3.8, 4) is 0 Å². The number of hydrogen-bond acceptors (Lipinski definition) is 2. The zero-order valence-electron chi connectivity index (χ0n) is 8.93. The van der Waals surface area contributed by atoms with Gasteiger partial charge in [-0.05, 0) is 33.1 Å². The van der Waals surface area contributed by atoms with Crippen LogP contribution in [0, 0.1) is 5.82 Å². The summed E-state index contributed by atoms with van der Waals surface area (Å²) in [6.07, 6.45) is -2.96. The van der Waals surface area contributed by atoms with Crippen LogP contribution in [-0.2, 0) is 6.42 Å². The standard InChI is InChI=1S/C11H10BrF2NO2/c1-15-11(17)6-2-4-5(10(14)8(6)12)3-7(16)9(4)13/h2,7,9,16H,3H2,1H3,(H,15,17). The van der Waals surface area contributed by atoms with Gasteiger partial charge in [0.25, 0.3) is 5.91 Å². The van der Waals surface area contributed by atoms with Crippen molar-refractivity contribution in [2.75, 3.05) is 7.05 Å². The number of benzene rings is 1. The van der Waals surface area contributed by atoms with E-state index in [0.717, 1.165) is 0 Å². The zero-order valence-corrected chi connectivity index (χ0v) is 10.5. The molecule has 6 heteroatoms. The first-order chi connectivity index (χ1) is 7.97. The highest BCUT2D eigenvalue weighted by molar-refractivity contribution is 9.10. The van der Waals surface area contributed by atoms with Gasteiger partial charge in [-0.25, -0.2) is 8.78 Å². The highest BCUT2D eigenvalue weighted by atomic mass is 79.9. The maximum absolute atomic E-state index is 13.9. The Bertz CT molecular complexity index is 493. The predicted molar refractivity (Wildman–Crippen MR) is 61.1 cm³/mol. The molecule has 1 aromatic rings. The van der Waals surface area contributed by atoms with Crippen LogP contribution in [0.25, 0.3) is 0 Å². The minimum atomic E-state index is -1.64. The Morgan fingerprint density at radius 1 is 1.65 bits per heavy atom. The third kappa shape index (κ3) is 1.85. The van der Waals surface area contributed by atoms with Crippen molar-refractivity contribution in [3.63, 3.8) is 0 Å². The average molecular weight is 306 g/mol. The number of rotatable bonds is 1. The van der Waals surface area contributed by atoms with Crippen LogP contribution in [0.1, 0.15) is 27.7 Å². The second-order valence-electron chi connectivity index (χ2n) is 3.87. The second-order valence-corrected chi connectivity index (χ2v) is 4.67. The topological polar surface area (TPSA) is 49.3 Å². The molecular formula is C11H10BrF2NO2. The summed E-state index contributed by atoms with van der Waals surface area (Å²) < 4.78 is 27.5. The Hall–Kier alpha value is -1.01. The summed E-state index contributed by atoms with van der Waals surface area (Å²) >= 11 is 2.98. The van der Waals surface area contributed by atoms with Gasteiger partial charge in [0.05, 0.1) is 16.1 Å².